The van der Waals surface area contributed by atoms with E-state index >= 15 is 0 Å². The molecule has 3 heterocycles. The van der Waals surface area contributed by atoms with E-state index in [2.05, 4.69) is 10.1 Å². The number of thioether (sulfide) groups is 1. The summed E-state index contributed by atoms with van der Waals surface area (Å²) in [5.41, 5.74) is 1.06. The fourth-order valence-corrected chi connectivity index (χ4v) is 5.02. The Balaban J connectivity index is 1.31. The Hall–Kier alpha value is -3.99. The number of hydrogen-bond acceptors (Lipinski definition) is 7. The van der Waals surface area contributed by atoms with Crippen molar-refractivity contribution >= 4 is 45.7 Å². The van der Waals surface area contributed by atoms with Crippen LogP contribution in [0.3, 0.4) is 0 Å². The average molecular weight is 522 g/mol. The van der Waals surface area contributed by atoms with Gasteiger partial charge in [0.05, 0.1) is 19.1 Å². The van der Waals surface area contributed by atoms with Crippen molar-refractivity contribution in [2.45, 2.75) is 25.9 Å². The van der Waals surface area contributed by atoms with E-state index in [9.17, 15) is 14.0 Å². The number of amides is 2. The van der Waals surface area contributed by atoms with Gasteiger partial charge in [-0.25, -0.2) is 4.39 Å². The number of carbonyl (C=O) groups is 2. The number of ether oxygens (including phenoxy) is 2. The zero-order chi connectivity index (χ0) is 25.9. The second-order valence-electron chi connectivity index (χ2n) is 8.57. The molecule has 1 N–H and O–H groups in total. The van der Waals surface area contributed by atoms with E-state index < -0.39 is 5.91 Å². The highest BCUT2D eigenvalue weighted by Crippen LogP contribution is 2.32. The lowest BCUT2D eigenvalue weighted by Gasteiger charge is -2.20. The standard InChI is InChI=1S/C26H24FN5O4S/c1-35-21-13-16(8-9-20(21)36-15-17-6-2-3-7-19(17)27)12-18-24(28)32-26(29-25(18)34)37-22(30-32)14-23(33)31-10-4-5-11-31/h2-3,6-9,12-13,28H,4-5,10-11,14-15H2,1H3. The lowest BCUT2D eigenvalue weighted by atomic mass is 10.1. The highest BCUT2D eigenvalue weighted by Gasteiger charge is 2.36. The van der Waals surface area contributed by atoms with Gasteiger partial charge in [-0.15, -0.1) is 0 Å². The fourth-order valence-electron chi connectivity index (χ4n) is 4.14. The van der Waals surface area contributed by atoms with Crippen LogP contribution in [0.25, 0.3) is 6.08 Å². The van der Waals surface area contributed by atoms with Gasteiger partial charge < -0.3 is 14.4 Å². The van der Waals surface area contributed by atoms with Gasteiger partial charge in [-0.3, -0.25) is 15.0 Å². The normalized spacial score (nSPS) is 18.2. The minimum absolute atomic E-state index is 0.0118. The number of methoxy groups -OCH3 is 1. The second-order valence-corrected chi connectivity index (χ2v) is 9.61. The smallest absolute Gasteiger partial charge is 0.283 e. The topological polar surface area (TPSA) is 108 Å². The maximum absolute atomic E-state index is 13.9. The number of nitrogens with one attached hydrogen (secondary N) is 1. The predicted octanol–water partition coefficient (Wildman–Crippen LogP) is 4.04. The number of rotatable bonds is 7. The summed E-state index contributed by atoms with van der Waals surface area (Å²) in [5.74, 6) is -0.256. The van der Waals surface area contributed by atoms with Crippen molar-refractivity contribution in [3.8, 4) is 11.5 Å². The van der Waals surface area contributed by atoms with Crippen molar-refractivity contribution < 1.29 is 23.5 Å². The maximum atomic E-state index is 13.9. The lowest BCUT2D eigenvalue weighted by Crippen LogP contribution is -2.35. The molecule has 0 saturated carbocycles. The number of hydrazone groups is 1. The van der Waals surface area contributed by atoms with Crippen LogP contribution in [-0.4, -0.2) is 58.0 Å². The monoisotopic (exact) mass is 521 g/mol. The Kier molecular flexibility index (Phi) is 7.04. The number of fused-ring (bicyclic) bond motifs is 1. The number of hydrogen-bond donors (Lipinski definition) is 1. The molecule has 5 rings (SSSR count). The van der Waals surface area contributed by atoms with Crippen molar-refractivity contribution in [2.75, 3.05) is 20.2 Å². The summed E-state index contributed by atoms with van der Waals surface area (Å²) < 4.78 is 25.1. The van der Waals surface area contributed by atoms with E-state index in [0.717, 1.165) is 37.7 Å². The lowest BCUT2D eigenvalue weighted by molar-refractivity contribution is -0.128. The number of aliphatic imine (C=N–C) groups is 1. The molecule has 37 heavy (non-hydrogen) atoms. The van der Waals surface area contributed by atoms with Gasteiger partial charge in [-0.2, -0.15) is 15.1 Å². The van der Waals surface area contributed by atoms with Gasteiger partial charge >= 0.3 is 0 Å². The second kappa shape index (κ2) is 10.6. The quantitative estimate of drug-likeness (QED) is 0.551. The van der Waals surface area contributed by atoms with Crippen LogP contribution in [0.4, 0.5) is 4.39 Å². The third-order valence-electron chi connectivity index (χ3n) is 6.10. The Morgan fingerprint density at radius 2 is 1.97 bits per heavy atom. The van der Waals surface area contributed by atoms with Crippen LogP contribution in [0, 0.1) is 11.2 Å². The number of nitrogens with zero attached hydrogens (tertiary/aromatic N) is 4. The SMILES string of the molecule is COc1cc(C=C2C(=N)N3N=C(CC(=O)N4CCCC4)SC3=NC2=O)ccc1OCc1ccccc1F. The van der Waals surface area contributed by atoms with E-state index in [0.29, 0.717) is 27.7 Å². The van der Waals surface area contributed by atoms with Gasteiger partial charge in [-0.1, -0.05) is 24.3 Å². The largest absolute Gasteiger partial charge is 0.493 e. The molecule has 11 heteroatoms. The van der Waals surface area contributed by atoms with Gasteiger partial charge in [0.25, 0.3) is 5.91 Å². The van der Waals surface area contributed by atoms with Crippen LogP contribution in [0.2, 0.25) is 0 Å². The molecule has 0 unspecified atom stereocenters. The molecule has 0 atom stereocenters. The van der Waals surface area contributed by atoms with E-state index in [1.54, 1.807) is 41.3 Å². The van der Waals surface area contributed by atoms with Gasteiger partial charge in [0.15, 0.2) is 17.3 Å². The van der Waals surface area contributed by atoms with Crippen molar-refractivity contribution in [1.82, 2.24) is 9.91 Å². The molecule has 0 bridgehead atoms. The summed E-state index contributed by atoms with van der Waals surface area (Å²) in [6.45, 7) is 1.52. The van der Waals surface area contributed by atoms with Crippen molar-refractivity contribution in [3.05, 3.63) is 65.0 Å². The van der Waals surface area contributed by atoms with E-state index in [1.165, 1.54) is 24.3 Å². The molecule has 0 aliphatic carbocycles. The zero-order valence-electron chi connectivity index (χ0n) is 20.1. The Morgan fingerprint density at radius 3 is 2.73 bits per heavy atom. The van der Waals surface area contributed by atoms with Gasteiger partial charge in [0.2, 0.25) is 11.1 Å². The zero-order valence-corrected chi connectivity index (χ0v) is 20.9. The predicted molar refractivity (Wildman–Crippen MR) is 139 cm³/mol. The molecule has 0 radical (unpaired) electrons. The highest BCUT2D eigenvalue weighted by atomic mass is 32.2. The van der Waals surface area contributed by atoms with Crippen molar-refractivity contribution in [1.29, 1.82) is 5.41 Å². The Bertz CT molecular complexity index is 1370. The van der Waals surface area contributed by atoms with Gasteiger partial charge in [0, 0.05) is 18.7 Å². The van der Waals surface area contributed by atoms with Crippen molar-refractivity contribution in [2.24, 2.45) is 10.1 Å². The molecule has 1 fully saturated rings. The van der Waals surface area contributed by atoms with Crippen LogP contribution in [0.15, 0.2) is 58.1 Å². The van der Waals surface area contributed by atoms with Gasteiger partial charge in [-0.05, 0) is 54.4 Å². The van der Waals surface area contributed by atoms with E-state index in [-0.39, 0.29) is 41.3 Å². The average Bonchev–Trinajstić information content (AvgIpc) is 3.57. The Morgan fingerprint density at radius 1 is 1.19 bits per heavy atom. The summed E-state index contributed by atoms with van der Waals surface area (Å²) in [5, 5.41) is 15.0. The highest BCUT2D eigenvalue weighted by molar-refractivity contribution is 8.27. The van der Waals surface area contributed by atoms with Crippen LogP contribution in [0.5, 0.6) is 11.5 Å². The minimum Gasteiger partial charge on any atom is -0.493 e. The molecular formula is C26H24FN5O4S. The van der Waals surface area contributed by atoms with E-state index in [1.807, 2.05) is 0 Å². The summed E-state index contributed by atoms with van der Waals surface area (Å²) >= 11 is 1.14. The first-order chi connectivity index (χ1) is 17.9. The summed E-state index contributed by atoms with van der Waals surface area (Å²) in [6, 6.07) is 11.4. The molecule has 9 nitrogen and oxygen atoms in total. The molecular weight excluding hydrogens is 497 g/mol. The van der Waals surface area contributed by atoms with Gasteiger partial charge in [0.1, 0.15) is 17.5 Å². The van der Waals surface area contributed by atoms with Crippen LogP contribution in [-0.2, 0) is 16.2 Å². The van der Waals surface area contributed by atoms with Crippen LogP contribution < -0.4 is 9.47 Å². The molecule has 1 saturated heterocycles. The molecule has 2 aromatic rings. The first-order valence-corrected chi connectivity index (χ1v) is 12.6. The molecule has 0 aromatic heterocycles. The van der Waals surface area contributed by atoms with E-state index in [4.69, 9.17) is 14.9 Å². The maximum Gasteiger partial charge on any atom is 0.283 e. The molecule has 190 valence electrons. The molecule has 2 amide bonds. The molecule has 3 aliphatic heterocycles. The molecule has 0 spiro atoms. The summed E-state index contributed by atoms with van der Waals surface area (Å²) in [7, 11) is 1.48. The number of carbonyl (C=O) groups excluding carboxylic acids is 2. The third kappa shape index (κ3) is 5.26. The summed E-state index contributed by atoms with van der Waals surface area (Å²) in [4.78, 5) is 31.1. The summed E-state index contributed by atoms with van der Waals surface area (Å²) in [6.07, 6.45) is 3.65. The number of halogens is 1. The van der Waals surface area contributed by atoms with Crippen molar-refractivity contribution in [3.63, 3.8) is 0 Å². The van der Waals surface area contributed by atoms with Crippen LogP contribution in [0.1, 0.15) is 30.4 Å². The molecule has 2 aromatic carbocycles. The number of benzene rings is 2. The Labute approximate surface area is 217 Å². The van der Waals surface area contributed by atoms with Crippen LogP contribution >= 0.6 is 11.8 Å². The third-order valence-corrected chi connectivity index (χ3v) is 7.01. The first-order valence-electron chi connectivity index (χ1n) is 11.7. The number of likely N-dealkylation sites (tertiary alicyclic amines) is 1. The fraction of sp³-hybridized carbons (Fsp3) is 0.269. The molecule has 3 aliphatic rings. The minimum atomic E-state index is -0.565. The first kappa shape index (κ1) is 24.7. The number of amidine groups is 2.